The highest BCUT2D eigenvalue weighted by atomic mass is 19.1. The molecule has 1 aliphatic rings. The first-order chi connectivity index (χ1) is 9.66. The standard InChI is InChI=1S/C16H20FNO2/c17-14-9-5-4-8-13(14)15(19)11-18-16(20)10-12-6-2-1-3-7-12/h4-6,8-9,15,19H,1-3,7,10-11H2,(H,18,20)/t15-/m1/s1. The number of hydrogen-bond acceptors (Lipinski definition) is 2. The third-order valence-electron chi connectivity index (χ3n) is 3.53. The normalized spacial score (nSPS) is 16.4. The van der Waals surface area contributed by atoms with E-state index in [1.807, 2.05) is 0 Å². The number of benzene rings is 1. The maximum Gasteiger partial charge on any atom is 0.224 e. The van der Waals surface area contributed by atoms with Crippen molar-refractivity contribution < 1.29 is 14.3 Å². The summed E-state index contributed by atoms with van der Waals surface area (Å²) in [5, 5.41) is 12.5. The summed E-state index contributed by atoms with van der Waals surface area (Å²) >= 11 is 0. The third-order valence-corrected chi connectivity index (χ3v) is 3.53. The number of halogens is 1. The van der Waals surface area contributed by atoms with Gasteiger partial charge < -0.3 is 10.4 Å². The van der Waals surface area contributed by atoms with Gasteiger partial charge in [-0.05, 0) is 31.7 Å². The van der Waals surface area contributed by atoms with Crippen LogP contribution in [0.2, 0.25) is 0 Å². The molecule has 1 amide bonds. The molecule has 108 valence electrons. The highest BCUT2D eigenvalue weighted by Crippen LogP contribution is 2.20. The summed E-state index contributed by atoms with van der Waals surface area (Å²) in [6.07, 6.45) is 5.83. The molecule has 0 aliphatic heterocycles. The molecule has 0 aromatic heterocycles. The van der Waals surface area contributed by atoms with Crippen LogP contribution in [0.5, 0.6) is 0 Å². The first kappa shape index (κ1) is 14.7. The van der Waals surface area contributed by atoms with Crippen LogP contribution in [0.15, 0.2) is 35.9 Å². The van der Waals surface area contributed by atoms with Crippen molar-refractivity contribution >= 4 is 5.91 Å². The monoisotopic (exact) mass is 277 g/mol. The lowest BCUT2D eigenvalue weighted by Crippen LogP contribution is -2.29. The number of carbonyl (C=O) groups is 1. The molecule has 0 radical (unpaired) electrons. The summed E-state index contributed by atoms with van der Waals surface area (Å²) in [6, 6.07) is 6.05. The Hall–Kier alpha value is -1.68. The van der Waals surface area contributed by atoms with Crippen LogP contribution in [0.1, 0.15) is 43.8 Å². The topological polar surface area (TPSA) is 49.3 Å². The molecule has 0 bridgehead atoms. The maximum absolute atomic E-state index is 13.5. The number of carbonyl (C=O) groups excluding carboxylic acids is 1. The Balaban J connectivity index is 1.81. The van der Waals surface area contributed by atoms with Gasteiger partial charge in [0.25, 0.3) is 0 Å². The Morgan fingerprint density at radius 3 is 2.85 bits per heavy atom. The van der Waals surface area contributed by atoms with E-state index in [9.17, 15) is 14.3 Å². The lowest BCUT2D eigenvalue weighted by molar-refractivity contribution is -0.120. The second-order valence-corrected chi connectivity index (χ2v) is 5.13. The summed E-state index contributed by atoms with van der Waals surface area (Å²) in [6.45, 7) is 0.0348. The van der Waals surface area contributed by atoms with E-state index in [1.54, 1.807) is 12.1 Å². The third kappa shape index (κ3) is 4.17. The van der Waals surface area contributed by atoms with E-state index >= 15 is 0 Å². The van der Waals surface area contributed by atoms with E-state index in [0.29, 0.717) is 6.42 Å². The van der Waals surface area contributed by atoms with Crippen LogP contribution in [0.3, 0.4) is 0 Å². The quantitative estimate of drug-likeness (QED) is 0.813. The van der Waals surface area contributed by atoms with Crippen molar-refractivity contribution in [2.24, 2.45) is 0 Å². The van der Waals surface area contributed by atoms with Gasteiger partial charge in [0.15, 0.2) is 0 Å². The second-order valence-electron chi connectivity index (χ2n) is 5.13. The van der Waals surface area contributed by atoms with Crippen molar-refractivity contribution in [2.45, 2.75) is 38.2 Å². The van der Waals surface area contributed by atoms with Crippen LogP contribution in [0.4, 0.5) is 4.39 Å². The molecule has 20 heavy (non-hydrogen) atoms. The number of nitrogens with one attached hydrogen (secondary N) is 1. The highest BCUT2D eigenvalue weighted by Gasteiger charge is 2.14. The molecule has 0 spiro atoms. The van der Waals surface area contributed by atoms with Crippen molar-refractivity contribution in [3.63, 3.8) is 0 Å². The molecule has 2 rings (SSSR count). The van der Waals surface area contributed by atoms with Gasteiger partial charge in [-0.2, -0.15) is 0 Å². The predicted octanol–water partition coefficient (Wildman–Crippen LogP) is 2.87. The number of aliphatic hydroxyl groups excluding tert-OH is 1. The average molecular weight is 277 g/mol. The molecule has 0 heterocycles. The van der Waals surface area contributed by atoms with E-state index in [4.69, 9.17) is 0 Å². The summed E-state index contributed by atoms with van der Waals surface area (Å²) in [4.78, 5) is 11.8. The first-order valence-corrected chi connectivity index (χ1v) is 7.04. The minimum atomic E-state index is -1.01. The average Bonchev–Trinajstić information content (AvgIpc) is 2.46. The van der Waals surface area contributed by atoms with Crippen LogP contribution in [-0.4, -0.2) is 17.6 Å². The van der Waals surface area contributed by atoms with Crippen LogP contribution < -0.4 is 5.32 Å². The van der Waals surface area contributed by atoms with Gasteiger partial charge in [-0.3, -0.25) is 4.79 Å². The first-order valence-electron chi connectivity index (χ1n) is 7.04. The minimum Gasteiger partial charge on any atom is -0.386 e. The van der Waals surface area contributed by atoms with E-state index < -0.39 is 11.9 Å². The Bertz CT molecular complexity index is 499. The van der Waals surface area contributed by atoms with Gasteiger partial charge in [0.05, 0.1) is 6.10 Å². The number of amides is 1. The molecule has 1 aliphatic carbocycles. The van der Waals surface area contributed by atoms with Crippen molar-refractivity contribution in [1.29, 1.82) is 0 Å². The van der Waals surface area contributed by atoms with E-state index in [0.717, 1.165) is 24.8 Å². The molecular weight excluding hydrogens is 257 g/mol. The van der Waals surface area contributed by atoms with Gasteiger partial charge >= 0.3 is 0 Å². The summed E-state index contributed by atoms with van der Waals surface area (Å²) in [7, 11) is 0. The van der Waals surface area contributed by atoms with Gasteiger partial charge in [0, 0.05) is 18.5 Å². The zero-order chi connectivity index (χ0) is 14.4. The smallest absolute Gasteiger partial charge is 0.224 e. The van der Waals surface area contributed by atoms with Gasteiger partial charge in [0.2, 0.25) is 5.91 Å². The van der Waals surface area contributed by atoms with E-state index in [-0.39, 0.29) is 18.0 Å². The van der Waals surface area contributed by atoms with Crippen molar-refractivity contribution in [1.82, 2.24) is 5.32 Å². The number of aliphatic hydroxyl groups is 1. The molecule has 0 unspecified atom stereocenters. The predicted molar refractivity (Wildman–Crippen MR) is 75.5 cm³/mol. The molecule has 3 nitrogen and oxygen atoms in total. The van der Waals surface area contributed by atoms with Gasteiger partial charge in [-0.1, -0.05) is 29.8 Å². The fourth-order valence-electron chi connectivity index (χ4n) is 2.40. The van der Waals surface area contributed by atoms with Crippen LogP contribution >= 0.6 is 0 Å². The molecule has 1 aromatic rings. The highest BCUT2D eigenvalue weighted by molar-refractivity contribution is 5.78. The largest absolute Gasteiger partial charge is 0.386 e. The zero-order valence-electron chi connectivity index (χ0n) is 11.4. The van der Waals surface area contributed by atoms with Crippen LogP contribution in [0.25, 0.3) is 0 Å². The van der Waals surface area contributed by atoms with Crippen molar-refractivity contribution in [2.75, 3.05) is 6.54 Å². The van der Waals surface area contributed by atoms with Crippen LogP contribution in [0, 0.1) is 5.82 Å². The number of allylic oxidation sites excluding steroid dienone is 1. The molecular formula is C16H20FNO2. The minimum absolute atomic E-state index is 0.0348. The summed E-state index contributed by atoms with van der Waals surface area (Å²) < 4.78 is 13.5. The summed E-state index contributed by atoms with van der Waals surface area (Å²) in [5.74, 6) is -0.572. The Labute approximate surface area is 118 Å². The zero-order valence-corrected chi connectivity index (χ0v) is 11.4. The molecule has 0 saturated carbocycles. The van der Waals surface area contributed by atoms with Crippen molar-refractivity contribution in [3.05, 3.63) is 47.3 Å². The fraction of sp³-hybridized carbons (Fsp3) is 0.438. The molecule has 0 fully saturated rings. The van der Waals surface area contributed by atoms with Crippen LogP contribution in [-0.2, 0) is 4.79 Å². The second kappa shape index (κ2) is 7.20. The Morgan fingerprint density at radius 2 is 2.15 bits per heavy atom. The fourth-order valence-corrected chi connectivity index (χ4v) is 2.40. The lowest BCUT2D eigenvalue weighted by Gasteiger charge is -2.15. The van der Waals surface area contributed by atoms with Gasteiger partial charge in [0.1, 0.15) is 5.82 Å². The van der Waals surface area contributed by atoms with E-state index in [1.165, 1.54) is 18.6 Å². The maximum atomic E-state index is 13.5. The molecule has 1 aromatic carbocycles. The Kier molecular flexibility index (Phi) is 5.30. The SMILES string of the molecule is O=C(CC1=CCCCC1)NC[C@@H](O)c1ccccc1F. The van der Waals surface area contributed by atoms with Gasteiger partial charge in [-0.25, -0.2) is 4.39 Å². The Morgan fingerprint density at radius 1 is 1.35 bits per heavy atom. The molecule has 2 N–H and O–H groups in total. The summed E-state index contributed by atoms with van der Waals surface area (Å²) in [5.41, 5.74) is 1.37. The number of hydrogen-bond donors (Lipinski definition) is 2. The van der Waals surface area contributed by atoms with Gasteiger partial charge in [-0.15, -0.1) is 0 Å². The van der Waals surface area contributed by atoms with Crippen molar-refractivity contribution in [3.8, 4) is 0 Å². The lowest BCUT2D eigenvalue weighted by atomic mass is 9.97. The molecule has 0 saturated heterocycles. The number of rotatable bonds is 5. The van der Waals surface area contributed by atoms with E-state index in [2.05, 4.69) is 11.4 Å². The molecule has 1 atom stereocenters. The molecule has 4 heteroatoms.